The zero-order chi connectivity index (χ0) is 21.3. The van der Waals surface area contributed by atoms with E-state index in [4.69, 9.17) is 20.4 Å². The summed E-state index contributed by atoms with van der Waals surface area (Å²) < 4.78 is 0. The molecule has 13 heteroatoms. The number of hydrogen-bond donors (Lipinski definition) is 7. The van der Waals surface area contributed by atoms with Crippen LogP contribution in [0.5, 0.6) is 0 Å². The van der Waals surface area contributed by atoms with Crippen molar-refractivity contribution in [2.45, 2.75) is 5.66 Å². The lowest BCUT2D eigenvalue weighted by Crippen LogP contribution is -2.68. The number of aliphatic hydroxyl groups excluding tert-OH is 4. The molecule has 28 heavy (non-hydrogen) atoms. The molecule has 154 valence electrons. The Morgan fingerprint density at radius 1 is 1.11 bits per heavy atom. The fourth-order valence-corrected chi connectivity index (χ4v) is 2.34. The molecule has 1 heterocycles. The van der Waals surface area contributed by atoms with Crippen LogP contribution in [0.25, 0.3) is 0 Å². The summed E-state index contributed by atoms with van der Waals surface area (Å²) in [6.07, 6.45) is 0. The number of carboxylic acids is 1. The third-order valence-corrected chi connectivity index (χ3v) is 3.72. The van der Waals surface area contributed by atoms with Crippen molar-refractivity contribution in [1.82, 2.24) is 20.4 Å². The summed E-state index contributed by atoms with van der Waals surface area (Å²) >= 11 is 0. The Balaban J connectivity index is 0.000000362. The molecule has 1 aliphatic rings. The van der Waals surface area contributed by atoms with Crippen LogP contribution in [-0.4, -0.2) is 91.7 Å². The Morgan fingerprint density at radius 2 is 1.71 bits per heavy atom. The van der Waals surface area contributed by atoms with Gasteiger partial charge in [-0.15, -0.1) is 0 Å². The van der Waals surface area contributed by atoms with Crippen molar-refractivity contribution in [2.75, 3.05) is 26.8 Å². The summed E-state index contributed by atoms with van der Waals surface area (Å²) in [5.41, 5.74) is -1.95. The summed E-state index contributed by atoms with van der Waals surface area (Å²) in [5.74, 6) is -1.97. The SMILES string of the molecule is O=C(NCO)N(CO)C1(CO)C(=O)NC(=O)N1CO.O=C(O)c1ccccc1. The van der Waals surface area contributed by atoms with Crippen LogP contribution < -0.4 is 10.6 Å². The van der Waals surface area contributed by atoms with Crippen LogP contribution in [0.3, 0.4) is 0 Å². The van der Waals surface area contributed by atoms with Crippen molar-refractivity contribution in [3.8, 4) is 0 Å². The van der Waals surface area contributed by atoms with Gasteiger partial charge in [-0.05, 0) is 12.1 Å². The molecule has 0 aliphatic carbocycles. The number of amides is 5. The van der Waals surface area contributed by atoms with E-state index in [9.17, 15) is 24.3 Å². The number of aliphatic hydroxyl groups is 4. The van der Waals surface area contributed by atoms with Gasteiger partial charge in [-0.25, -0.2) is 14.4 Å². The largest absolute Gasteiger partial charge is 0.478 e. The first-order valence-electron chi connectivity index (χ1n) is 7.70. The van der Waals surface area contributed by atoms with Gasteiger partial charge in [-0.3, -0.25) is 19.9 Å². The average Bonchev–Trinajstić information content (AvgIpc) is 2.93. The van der Waals surface area contributed by atoms with Crippen LogP contribution in [0, 0.1) is 0 Å². The maximum absolute atomic E-state index is 11.8. The Morgan fingerprint density at radius 3 is 2.11 bits per heavy atom. The predicted octanol–water partition coefficient (Wildman–Crippen LogP) is -2.53. The average molecular weight is 400 g/mol. The highest BCUT2D eigenvalue weighted by molar-refractivity contribution is 6.08. The molecule has 13 nitrogen and oxygen atoms in total. The van der Waals surface area contributed by atoms with Crippen LogP contribution in [0.4, 0.5) is 9.59 Å². The molecule has 7 N–H and O–H groups in total. The highest BCUT2D eigenvalue weighted by Gasteiger charge is 2.58. The van der Waals surface area contributed by atoms with E-state index < -0.39 is 56.4 Å². The fourth-order valence-electron chi connectivity index (χ4n) is 2.34. The van der Waals surface area contributed by atoms with Crippen LogP contribution in [0.2, 0.25) is 0 Å². The molecule has 2 rings (SSSR count). The van der Waals surface area contributed by atoms with Crippen LogP contribution in [0.1, 0.15) is 10.4 Å². The lowest BCUT2D eigenvalue weighted by atomic mass is 10.1. The maximum Gasteiger partial charge on any atom is 0.335 e. The highest BCUT2D eigenvalue weighted by atomic mass is 16.4. The van der Waals surface area contributed by atoms with Gasteiger partial charge in [0.25, 0.3) is 5.91 Å². The van der Waals surface area contributed by atoms with Gasteiger partial charge in [0.2, 0.25) is 5.66 Å². The maximum atomic E-state index is 11.8. The number of hydrogen-bond acceptors (Lipinski definition) is 8. The van der Waals surface area contributed by atoms with Crippen LogP contribution in [0.15, 0.2) is 30.3 Å². The van der Waals surface area contributed by atoms with Crippen LogP contribution >= 0.6 is 0 Å². The number of imide groups is 1. The molecule has 0 bridgehead atoms. The first-order valence-corrected chi connectivity index (χ1v) is 7.70. The Labute approximate surface area is 158 Å². The third-order valence-electron chi connectivity index (χ3n) is 3.72. The van der Waals surface area contributed by atoms with Crippen molar-refractivity contribution in [2.24, 2.45) is 0 Å². The van der Waals surface area contributed by atoms with Gasteiger partial charge in [0.05, 0.1) is 12.2 Å². The number of carboxylic acid groups (broad SMARTS) is 1. The number of nitrogens with one attached hydrogen (secondary N) is 2. The van der Waals surface area contributed by atoms with Gasteiger partial charge in [0, 0.05) is 0 Å². The molecular weight excluding hydrogens is 380 g/mol. The Hall–Kier alpha value is -3.26. The van der Waals surface area contributed by atoms with Crippen molar-refractivity contribution >= 4 is 23.9 Å². The number of carbonyl (C=O) groups excluding carboxylic acids is 3. The quantitative estimate of drug-likeness (QED) is 0.199. The first kappa shape index (κ1) is 22.8. The van der Waals surface area contributed by atoms with E-state index in [1.54, 1.807) is 35.6 Å². The molecule has 0 saturated carbocycles. The summed E-state index contributed by atoms with van der Waals surface area (Å²) in [7, 11) is 0. The number of nitrogens with zero attached hydrogens (tertiary/aromatic N) is 2. The number of benzene rings is 1. The molecule has 1 atom stereocenters. The normalized spacial score (nSPS) is 18.1. The van der Waals surface area contributed by atoms with E-state index in [0.717, 1.165) is 0 Å². The zero-order valence-electron chi connectivity index (χ0n) is 14.5. The smallest absolute Gasteiger partial charge is 0.335 e. The van der Waals surface area contributed by atoms with Crippen molar-refractivity contribution in [3.05, 3.63) is 35.9 Å². The molecule has 5 amide bonds. The van der Waals surface area contributed by atoms with E-state index in [1.165, 1.54) is 0 Å². The second-order valence-electron chi connectivity index (χ2n) is 5.18. The van der Waals surface area contributed by atoms with E-state index in [0.29, 0.717) is 15.4 Å². The molecule has 0 spiro atoms. The third kappa shape index (κ3) is 4.52. The van der Waals surface area contributed by atoms with Gasteiger partial charge in [0.15, 0.2) is 0 Å². The number of urea groups is 2. The van der Waals surface area contributed by atoms with Gasteiger partial charge in [-0.2, -0.15) is 0 Å². The standard InChI is InChI=1S/C8H14N4O7.C7H6O2/c13-1-8(11(3-15)6(18)9-2-14)5(17)10-7(19)12(8)4-16;8-7(9)6-4-2-1-3-5-6/h13-16H,1-4H2,(H,9,18)(H,10,17,19);1-5H,(H,8,9). The minimum Gasteiger partial charge on any atom is -0.478 e. The van der Waals surface area contributed by atoms with E-state index >= 15 is 0 Å². The lowest BCUT2D eigenvalue weighted by Gasteiger charge is -2.40. The predicted molar refractivity (Wildman–Crippen MR) is 90.2 cm³/mol. The van der Waals surface area contributed by atoms with Gasteiger partial charge in [-0.1, -0.05) is 18.2 Å². The second kappa shape index (κ2) is 10.2. The molecule has 0 radical (unpaired) electrons. The first-order chi connectivity index (χ1) is 13.3. The number of carbonyl (C=O) groups is 4. The summed E-state index contributed by atoms with van der Waals surface area (Å²) in [5, 5.41) is 48.3. The molecule has 1 fully saturated rings. The molecule has 1 saturated heterocycles. The van der Waals surface area contributed by atoms with E-state index in [-0.39, 0.29) is 0 Å². The fraction of sp³-hybridized carbons (Fsp3) is 0.333. The van der Waals surface area contributed by atoms with Crippen molar-refractivity contribution in [3.63, 3.8) is 0 Å². The summed E-state index contributed by atoms with van der Waals surface area (Å²) in [6.45, 7) is -3.85. The van der Waals surface area contributed by atoms with Crippen molar-refractivity contribution < 1.29 is 44.7 Å². The number of aromatic carboxylic acids is 1. The van der Waals surface area contributed by atoms with Crippen molar-refractivity contribution in [1.29, 1.82) is 0 Å². The van der Waals surface area contributed by atoms with Crippen LogP contribution in [-0.2, 0) is 4.79 Å². The molecule has 1 aliphatic heterocycles. The van der Waals surface area contributed by atoms with Gasteiger partial charge >= 0.3 is 18.0 Å². The topological polar surface area (TPSA) is 200 Å². The molecule has 1 aromatic carbocycles. The monoisotopic (exact) mass is 400 g/mol. The summed E-state index contributed by atoms with van der Waals surface area (Å²) in [4.78, 5) is 45.9. The minimum absolute atomic E-state index is 0.331. The minimum atomic E-state index is -2.28. The van der Waals surface area contributed by atoms with E-state index in [1.807, 2.05) is 5.32 Å². The Kier molecular flexibility index (Phi) is 8.28. The zero-order valence-corrected chi connectivity index (χ0v) is 14.5. The van der Waals surface area contributed by atoms with Gasteiger partial charge < -0.3 is 30.8 Å². The molecule has 1 unspecified atom stereocenters. The second-order valence-corrected chi connectivity index (χ2v) is 5.18. The Bertz CT molecular complexity index is 715. The molecule has 1 aromatic rings. The van der Waals surface area contributed by atoms with E-state index in [2.05, 4.69) is 0 Å². The summed E-state index contributed by atoms with van der Waals surface area (Å²) in [6, 6.07) is 6.16. The molecular formula is C15H20N4O9. The molecule has 0 aromatic heterocycles. The highest BCUT2D eigenvalue weighted by Crippen LogP contribution is 2.25. The number of rotatable bonds is 6. The van der Waals surface area contributed by atoms with Gasteiger partial charge in [0.1, 0.15) is 20.2 Å². The lowest BCUT2D eigenvalue weighted by molar-refractivity contribution is -0.147.